The van der Waals surface area contributed by atoms with Crippen LogP contribution in [-0.4, -0.2) is 6.17 Å². The van der Waals surface area contributed by atoms with Crippen LogP contribution in [0.25, 0.3) is 0 Å². The summed E-state index contributed by atoms with van der Waals surface area (Å²) in [6.07, 6.45) is 6.29. The van der Waals surface area contributed by atoms with Gasteiger partial charge in [-0.15, -0.1) is 0 Å². The molecule has 0 radical (unpaired) electrons. The predicted octanol–water partition coefficient (Wildman–Crippen LogP) is 2.09. The smallest absolute Gasteiger partial charge is 0.125 e. The lowest BCUT2D eigenvalue weighted by Crippen LogP contribution is -2.08. The first-order valence-corrected chi connectivity index (χ1v) is 2.80. The molecule has 1 aliphatic rings. The van der Waals surface area contributed by atoms with Crippen LogP contribution >= 0.6 is 0 Å². The first kappa shape index (κ1) is 5.54. The molecule has 1 unspecified atom stereocenters. The molecule has 1 heteroatoms. The fraction of sp³-hybridized carbons (Fsp3) is 0.429. The summed E-state index contributed by atoms with van der Waals surface area (Å²) in [4.78, 5) is 0. The van der Waals surface area contributed by atoms with Crippen molar-refractivity contribution in [1.82, 2.24) is 0 Å². The molecule has 0 amide bonds. The zero-order valence-electron chi connectivity index (χ0n) is 4.84. The second-order valence-corrected chi connectivity index (χ2v) is 2.07. The molecule has 0 saturated heterocycles. The predicted molar refractivity (Wildman–Crippen MR) is 32.3 cm³/mol. The van der Waals surface area contributed by atoms with Crippen molar-refractivity contribution in [3.05, 3.63) is 24.3 Å². The van der Waals surface area contributed by atoms with E-state index in [9.17, 15) is 4.39 Å². The average Bonchev–Trinajstić information content (AvgIpc) is 1.77. The largest absolute Gasteiger partial charge is 0.242 e. The highest BCUT2D eigenvalue weighted by molar-refractivity contribution is 5.14. The summed E-state index contributed by atoms with van der Waals surface area (Å²) >= 11 is 0. The van der Waals surface area contributed by atoms with Gasteiger partial charge in [0, 0.05) is 5.92 Å². The summed E-state index contributed by atoms with van der Waals surface area (Å²) in [7, 11) is 0. The molecule has 0 aromatic heterocycles. The minimum absolute atomic E-state index is 0.0694. The van der Waals surface area contributed by atoms with Gasteiger partial charge in [-0.2, -0.15) is 0 Å². The van der Waals surface area contributed by atoms with Crippen LogP contribution in [0.4, 0.5) is 4.39 Å². The summed E-state index contributed by atoms with van der Waals surface area (Å²) in [5.74, 6) is 0.0694. The van der Waals surface area contributed by atoms with Gasteiger partial charge >= 0.3 is 0 Å². The molecule has 0 N–H and O–H groups in total. The number of alkyl halides is 1. The van der Waals surface area contributed by atoms with Gasteiger partial charge in [0.15, 0.2) is 0 Å². The maximum atomic E-state index is 12.4. The lowest BCUT2D eigenvalue weighted by atomic mass is 10.0. The third-order valence-corrected chi connectivity index (χ3v) is 1.32. The van der Waals surface area contributed by atoms with Crippen molar-refractivity contribution in [3.63, 3.8) is 0 Å². The Bertz CT molecular complexity index is 108. The van der Waals surface area contributed by atoms with Crippen molar-refractivity contribution in [3.8, 4) is 0 Å². The molecule has 44 valence electrons. The average molecular weight is 112 g/mol. The van der Waals surface area contributed by atoms with Crippen LogP contribution in [0.2, 0.25) is 0 Å². The lowest BCUT2D eigenvalue weighted by molar-refractivity contribution is 0.334. The van der Waals surface area contributed by atoms with Crippen molar-refractivity contribution in [1.29, 1.82) is 0 Å². The second-order valence-electron chi connectivity index (χ2n) is 2.07. The van der Waals surface area contributed by atoms with E-state index in [1.54, 1.807) is 12.2 Å². The van der Waals surface area contributed by atoms with Crippen LogP contribution in [0.5, 0.6) is 0 Å². The molecule has 2 atom stereocenters. The van der Waals surface area contributed by atoms with Crippen molar-refractivity contribution in [2.75, 3.05) is 0 Å². The van der Waals surface area contributed by atoms with Crippen molar-refractivity contribution >= 4 is 0 Å². The van der Waals surface area contributed by atoms with E-state index in [4.69, 9.17) is 0 Å². The highest BCUT2D eigenvalue weighted by Gasteiger charge is 2.10. The molecule has 0 aromatic rings. The van der Waals surface area contributed by atoms with Gasteiger partial charge in [-0.05, 0) is 0 Å². The van der Waals surface area contributed by atoms with E-state index in [-0.39, 0.29) is 5.92 Å². The van der Waals surface area contributed by atoms with Crippen molar-refractivity contribution in [2.24, 2.45) is 5.92 Å². The maximum absolute atomic E-state index is 12.4. The summed E-state index contributed by atoms with van der Waals surface area (Å²) < 4.78 is 12.4. The zero-order chi connectivity index (χ0) is 5.98. The third kappa shape index (κ3) is 0.971. The van der Waals surface area contributed by atoms with Crippen LogP contribution in [0.15, 0.2) is 24.3 Å². The monoisotopic (exact) mass is 112 g/mol. The minimum atomic E-state index is -0.764. The van der Waals surface area contributed by atoms with Gasteiger partial charge in [0.1, 0.15) is 6.17 Å². The van der Waals surface area contributed by atoms with E-state index in [1.165, 1.54) is 0 Å². The van der Waals surface area contributed by atoms with E-state index < -0.39 is 6.17 Å². The van der Waals surface area contributed by atoms with Gasteiger partial charge in [0.2, 0.25) is 0 Å². The molecule has 0 aliphatic heterocycles. The van der Waals surface area contributed by atoms with Crippen LogP contribution in [0, 0.1) is 5.92 Å². The van der Waals surface area contributed by atoms with Gasteiger partial charge in [0.25, 0.3) is 0 Å². The highest BCUT2D eigenvalue weighted by atomic mass is 19.1. The minimum Gasteiger partial charge on any atom is -0.242 e. The standard InChI is InChI=1S/C7H9F/c1-6-4-2-3-5-7(6)8/h2-7H,1H3/t6?,7-/m1/s1. The van der Waals surface area contributed by atoms with E-state index in [0.717, 1.165) is 0 Å². The molecule has 0 fully saturated rings. The Labute approximate surface area is 48.7 Å². The van der Waals surface area contributed by atoms with E-state index >= 15 is 0 Å². The molecule has 0 saturated carbocycles. The molecule has 0 heterocycles. The number of allylic oxidation sites excluding steroid dienone is 4. The number of hydrogen-bond acceptors (Lipinski definition) is 0. The van der Waals surface area contributed by atoms with E-state index in [2.05, 4.69) is 0 Å². The van der Waals surface area contributed by atoms with Crippen molar-refractivity contribution in [2.45, 2.75) is 13.1 Å². The Morgan fingerprint density at radius 3 is 2.25 bits per heavy atom. The van der Waals surface area contributed by atoms with E-state index in [0.29, 0.717) is 0 Å². The third-order valence-electron chi connectivity index (χ3n) is 1.32. The van der Waals surface area contributed by atoms with Gasteiger partial charge in [-0.3, -0.25) is 0 Å². The summed E-state index contributed by atoms with van der Waals surface area (Å²) in [6.45, 7) is 1.87. The Kier molecular flexibility index (Phi) is 1.47. The Morgan fingerprint density at radius 2 is 1.88 bits per heavy atom. The quantitative estimate of drug-likeness (QED) is 0.450. The molecule has 0 spiro atoms. The lowest BCUT2D eigenvalue weighted by Gasteiger charge is -2.09. The van der Waals surface area contributed by atoms with Crippen LogP contribution in [-0.2, 0) is 0 Å². The number of rotatable bonds is 0. The summed E-state index contributed by atoms with van der Waals surface area (Å²) in [5, 5.41) is 0. The fourth-order valence-corrected chi connectivity index (χ4v) is 0.691. The maximum Gasteiger partial charge on any atom is 0.125 e. The molecule has 8 heavy (non-hydrogen) atoms. The zero-order valence-corrected chi connectivity index (χ0v) is 4.84. The molecule has 0 aromatic carbocycles. The Balaban J connectivity index is 2.59. The van der Waals surface area contributed by atoms with Gasteiger partial charge < -0.3 is 0 Å². The first-order chi connectivity index (χ1) is 3.80. The molecular formula is C7H9F. The van der Waals surface area contributed by atoms with Crippen molar-refractivity contribution < 1.29 is 4.39 Å². The SMILES string of the molecule is CC1C=CC=C[C@H]1F. The number of hydrogen-bond donors (Lipinski definition) is 0. The van der Waals surface area contributed by atoms with Crippen LogP contribution in [0.1, 0.15) is 6.92 Å². The van der Waals surface area contributed by atoms with Gasteiger partial charge in [-0.25, -0.2) is 4.39 Å². The molecule has 0 bridgehead atoms. The second kappa shape index (κ2) is 2.12. The highest BCUT2D eigenvalue weighted by Crippen LogP contribution is 2.13. The molecule has 0 nitrogen and oxygen atoms in total. The van der Waals surface area contributed by atoms with Crippen LogP contribution in [0.3, 0.4) is 0 Å². The normalized spacial score (nSPS) is 35.8. The van der Waals surface area contributed by atoms with Gasteiger partial charge in [0.05, 0.1) is 0 Å². The fourth-order valence-electron chi connectivity index (χ4n) is 0.691. The van der Waals surface area contributed by atoms with Crippen LogP contribution < -0.4 is 0 Å². The molecule has 1 rings (SSSR count). The first-order valence-electron chi connectivity index (χ1n) is 2.80. The summed E-state index contributed by atoms with van der Waals surface area (Å²) in [6, 6.07) is 0. The topological polar surface area (TPSA) is 0 Å². The van der Waals surface area contributed by atoms with Gasteiger partial charge in [-0.1, -0.05) is 31.2 Å². The van der Waals surface area contributed by atoms with E-state index in [1.807, 2.05) is 19.1 Å². The Morgan fingerprint density at radius 1 is 1.25 bits per heavy atom. The summed E-state index contributed by atoms with van der Waals surface area (Å²) in [5.41, 5.74) is 0. The molecular weight excluding hydrogens is 103 g/mol. The number of halogens is 1. The Hall–Kier alpha value is -0.590. The molecule has 1 aliphatic carbocycles.